The second-order valence-electron chi connectivity index (χ2n) is 27.3. The largest absolute Gasteiger partial charge is 0.454 e. The van der Waals surface area contributed by atoms with Gasteiger partial charge in [-0.25, -0.2) is 4.39 Å². The maximum Gasteiger partial charge on any atom is 0.264 e. The number of benzene rings is 10. The van der Waals surface area contributed by atoms with Crippen LogP contribution in [0.25, 0.3) is 54.4 Å². The molecule has 0 radical (unpaired) electrons. The molecule has 90 heavy (non-hydrogen) atoms. The quantitative estimate of drug-likeness (QED) is 0.121. The number of hydrogen-bond donors (Lipinski definition) is 0. The zero-order valence-electron chi connectivity index (χ0n) is 52.8. The fraction of sp³-hybridized carbons (Fsp3) is 0.173. The third-order valence-electron chi connectivity index (χ3n) is 19.3. The minimum absolute atomic E-state index is 0.0435. The van der Waals surface area contributed by atoms with Gasteiger partial charge in [-0.05, 0) is 146 Å². The lowest BCUT2D eigenvalue weighted by molar-refractivity contribution is 0.590. The second kappa shape index (κ2) is 21.7. The summed E-state index contributed by atoms with van der Waals surface area (Å²) < 4.78 is 26.0. The van der Waals surface area contributed by atoms with Crippen LogP contribution in [-0.4, -0.2) is 19.8 Å². The molecule has 5 heterocycles. The van der Waals surface area contributed by atoms with Crippen LogP contribution in [0.5, 0.6) is 0 Å². The van der Waals surface area contributed by atoms with E-state index in [2.05, 4.69) is 309 Å². The minimum atomic E-state index is -3.00. The van der Waals surface area contributed by atoms with Crippen LogP contribution in [0.1, 0.15) is 80.4 Å². The highest BCUT2D eigenvalue weighted by Crippen LogP contribution is 2.52. The van der Waals surface area contributed by atoms with Crippen molar-refractivity contribution >= 4 is 135 Å². The Morgan fingerprint density at radius 1 is 0.522 bits per heavy atom. The lowest BCUT2D eigenvalue weighted by Gasteiger charge is -2.46. The van der Waals surface area contributed by atoms with Gasteiger partial charge in [-0.15, -0.1) is 11.3 Å². The van der Waals surface area contributed by atoms with E-state index in [-0.39, 0.29) is 34.4 Å². The van der Waals surface area contributed by atoms with Crippen LogP contribution in [0.3, 0.4) is 0 Å². The number of hydrogen-bond acceptors (Lipinski definition) is 6. The molecule has 0 N–H and O–H groups in total. The molecule has 9 heteroatoms. The van der Waals surface area contributed by atoms with E-state index in [4.69, 9.17) is 9.40 Å². The molecule has 0 amide bonds. The van der Waals surface area contributed by atoms with Crippen molar-refractivity contribution in [2.75, 3.05) is 14.7 Å². The Bertz CT molecular complexity index is 4900. The summed E-state index contributed by atoms with van der Waals surface area (Å²) in [4.78, 5) is 12.9. The lowest BCUT2D eigenvalue weighted by Crippen LogP contribution is -2.65. The molecule has 2 aliphatic rings. The molecule has 5 nitrogen and oxygen atoms in total. The Morgan fingerprint density at radius 2 is 1.17 bits per heavy atom. The van der Waals surface area contributed by atoms with Crippen LogP contribution >= 0.6 is 11.3 Å². The third-order valence-corrected chi connectivity index (χ3v) is 26.7. The van der Waals surface area contributed by atoms with Crippen LogP contribution in [0, 0.1) is 5.82 Å². The van der Waals surface area contributed by atoms with Gasteiger partial charge in [-0.2, -0.15) is 0 Å². The fourth-order valence-electron chi connectivity index (χ4n) is 15.0. The van der Waals surface area contributed by atoms with Crippen molar-refractivity contribution in [2.45, 2.75) is 91.1 Å². The molecule has 0 unspecified atom stereocenters. The molecule has 0 atom stereocenters. The Labute approximate surface area is 533 Å². The highest BCUT2D eigenvalue weighted by Gasteiger charge is 2.50. The van der Waals surface area contributed by atoms with Crippen molar-refractivity contribution in [3.8, 4) is 22.4 Å². The molecule has 0 spiro atoms. The molecule has 2 aliphatic heterocycles. The first-order valence-corrected chi connectivity index (χ1v) is 34.7. The van der Waals surface area contributed by atoms with Gasteiger partial charge in [0.1, 0.15) is 19.5 Å². The number of fused-ring (bicyclic) bond motifs is 9. The molecule has 0 saturated heterocycles. The van der Waals surface area contributed by atoms with Gasteiger partial charge in [0.15, 0.2) is 5.58 Å². The van der Waals surface area contributed by atoms with Gasteiger partial charge < -0.3 is 19.1 Å². The fourth-order valence-corrected chi connectivity index (χ4v) is 22.2. The maximum absolute atomic E-state index is 16.3. The van der Waals surface area contributed by atoms with Gasteiger partial charge in [0.05, 0.1) is 34.6 Å². The van der Waals surface area contributed by atoms with E-state index in [0.29, 0.717) is 0 Å². The summed E-state index contributed by atoms with van der Waals surface area (Å²) in [6.07, 6.45) is 2.08. The molecular formula is C81H72BFN4OSSi. The van der Waals surface area contributed by atoms with Crippen molar-refractivity contribution in [3.63, 3.8) is 0 Å². The molecule has 0 saturated carbocycles. The van der Waals surface area contributed by atoms with E-state index in [9.17, 15) is 0 Å². The average Bonchev–Trinajstić information content (AvgIpc) is 1.11. The first-order valence-electron chi connectivity index (χ1n) is 31.7. The summed E-state index contributed by atoms with van der Waals surface area (Å²) in [5.74, 6) is -0.216. The second-order valence-corrected chi connectivity index (χ2v) is 33.6. The monoisotopic (exact) mass is 1210 g/mol. The Morgan fingerprint density at radius 3 is 1.87 bits per heavy atom. The number of aromatic nitrogens is 1. The smallest absolute Gasteiger partial charge is 0.264 e. The zero-order chi connectivity index (χ0) is 62.0. The molecule has 0 fully saturated rings. The molecule has 13 aromatic rings. The number of pyridine rings is 1. The number of para-hydroxylation sites is 3. The number of furan rings is 1. The number of nitrogens with zero attached hydrogens (tertiary/aromatic N) is 4. The third kappa shape index (κ3) is 9.25. The molecule has 3 aromatic heterocycles. The Hall–Kier alpha value is -9.28. The van der Waals surface area contributed by atoms with Crippen LogP contribution < -0.4 is 40.8 Å². The van der Waals surface area contributed by atoms with E-state index in [1.807, 2.05) is 23.5 Å². The number of halogens is 1. The van der Waals surface area contributed by atoms with E-state index in [0.717, 1.165) is 95.0 Å². The predicted octanol–water partition coefficient (Wildman–Crippen LogP) is 20.2. The van der Waals surface area contributed by atoms with E-state index < -0.39 is 8.07 Å². The zero-order valence-corrected chi connectivity index (χ0v) is 54.6. The molecule has 15 rings (SSSR count). The normalized spacial score (nSPS) is 13.2. The first-order chi connectivity index (χ1) is 43.5. The van der Waals surface area contributed by atoms with E-state index in [1.165, 1.54) is 47.8 Å². The van der Waals surface area contributed by atoms with Crippen molar-refractivity contribution < 1.29 is 8.81 Å². The maximum atomic E-state index is 16.3. The standard InChI is InChI=1S/C81H72BFN4OSSi/c1-51(2)90(52(3)4,61-28-21-27-57(83)46-61)62-48-72-76-73(49-62)87(70-33-22-31-65-64-30-18-20-34-74(64)88-78(65)70)71-47-59(85(58-38-35-55(36-39-58)80(5,6)7)69-32-19-17-29-63(69)53-23-13-11-14-24-53)40-42-67(71)82(76)79-77(66-45-56(81(8,9)10)37-44-75(66)89-79)86(72)60-41-43-68(84-50-60)54-25-15-12-16-26-54/h11-52H,1-10H3. The number of thiophene rings is 1. The number of anilines is 9. The molecule has 442 valence electrons. The van der Waals surface area contributed by atoms with E-state index >= 15 is 4.39 Å². The van der Waals surface area contributed by atoms with Crippen LogP contribution in [-0.2, 0) is 10.8 Å². The van der Waals surface area contributed by atoms with Crippen LogP contribution in [0.2, 0.25) is 11.1 Å². The SMILES string of the molecule is CC(C)[Si](c1cccc(F)c1)(c1cc2c3c(c1)N(c1cccc4c1oc1ccccc14)c1cc(N(c4ccc(C(C)(C)C)cc4)c4ccccc4-c4ccccc4)ccc1B3c1sc3ccc(C(C)(C)C)cc3c1N2c1ccc(-c2ccccc2)nc1)C(C)C. The van der Waals surface area contributed by atoms with Gasteiger partial charge in [0.2, 0.25) is 0 Å². The summed E-state index contributed by atoms with van der Waals surface area (Å²) in [5, 5.41) is 5.64. The van der Waals surface area contributed by atoms with Gasteiger partial charge in [0, 0.05) is 65.2 Å². The van der Waals surface area contributed by atoms with Crippen molar-refractivity contribution in [2.24, 2.45) is 0 Å². The Kier molecular flexibility index (Phi) is 13.8. The highest BCUT2D eigenvalue weighted by molar-refractivity contribution is 7.33. The average molecular weight is 1210 g/mol. The minimum Gasteiger partial charge on any atom is -0.454 e. The van der Waals surface area contributed by atoms with Crippen molar-refractivity contribution in [3.05, 3.63) is 260 Å². The topological polar surface area (TPSA) is 35.8 Å². The summed E-state index contributed by atoms with van der Waals surface area (Å²) in [6.45, 7) is 23.1. The van der Waals surface area contributed by atoms with Gasteiger partial charge >= 0.3 is 0 Å². The summed E-state index contributed by atoms with van der Waals surface area (Å²) in [7, 11) is -3.00. The lowest BCUT2D eigenvalue weighted by atomic mass is 9.36. The molecule has 0 bridgehead atoms. The van der Waals surface area contributed by atoms with E-state index in [1.54, 1.807) is 6.07 Å². The first kappa shape index (κ1) is 57.2. The predicted molar refractivity (Wildman–Crippen MR) is 385 cm³/mol. The van der Waals surface area contributed by atoms with Gasteiger partial charge in [-0.3, -0.25) is 4.98 Å². The molecule has 0 aliphatic carbocycles. The van der Waals surface area contributed by atoms with Crippen LogP contribution in [0.15, 0.2) is 247 Å². The Balaban J connectivity index is 1.09. The summed E-state index contributed by atoms with van der Waals surface area (Å²) in [6, 6.07) is 85.8. The summed E-state index contributed by atoms with van der Waals surface area (Å²) in [5.41, 5.74) is 20.4. The van der Waals surface area contributed by atoms with Crippen molar-refractivity contribution in [1.82, 2.24) is 4.98 Å². The number of rotatable bonds is 11. The molecular weight excluding hydrogens is 1130 g/mol. The highest BCUT2D eigenvalue weighted by atomic mass is 32.1. The van der Waals surface area contributed by atoms with Crippen LogP contribution in [0.4, 0.5) is 55.6 Å². The summed E-state index contributed by atoms with van der Waals surface area (Å²) >= 11 is 1.91. The van der Waals surface area contributed by atoms with Crippen molar-refractivity contribution in [1.29, 1.82) is 0 Å². The van der Waals surface area contributed by atoms with Gasteiger partial charge in [0.25, 0.3) is 6.71 Å². The molecule has 10 aromatic carbocycles. The van der Waals surface area contributed by atoms with Gasteiger partial charge in [-0.1, -0.05) is 220 Å².